The molecule has 0 aliphatic carbocycles. The molecule has 0 atom stereocenters. The Morgan fingerprint density at radius 3 is 2.16 bits per heavy atom. The maximum Gasteiger partial charge on any atom is 0.138 e. The highest BCUT2D eigenvalue weighted by molar-refractivity contribution is 5.82. The first kappa shape index (κ1) is 24.8. The van der Waals surface area contributed by atoms with Crippen LogP contribution in [0.5, 0.6) is 0 Å². The van der Waals surface area contributed by atoms with Crippen LogP contribution in [0.1, 0.15) is 25.3 Å². The first-order valence-corrected chi connectivity index (χ1v) is 13.2. The van der Waals surface area contributed by atoms with E-state index < -0.39 is 0 Å². The van der Waals surface area contributed by atoms with Crippen molar-refractivity contribution in [2.45, 2.75) is 19.8 Å². The Hall–Kier alpha value is -3.83. The van der Waals surface area contributed by atoms with Gasteiger partial charge in [-0.3, -0.25) is 0 Å². The molecular formula is C32H36N4O. The molecule has 5 rings (SSSR count). The minimum Gasteiger partial charge on any atom is -0.378 e. The Morgan fingerprint density at radius 2 is 1.51 bits per heavy atom. The molecule has 1 N–H and O–H groups in total. The molecule has 3 aromatic carbocycles. The van der Waals surface area contributed by atoms with Crippen LogP contribution in [-0.4, -0.2) is 50.4 Å². The normalized spacial score (nSPS) is 13.5. The Balaban J connectivity index is 1.48. The second-order valence-corrected chi connectivity index (χ2v) is 9.68. The van der Waals surface area contributed by atoms with Gasteiger partial charge in [-0.2, -0.15) is 0 Å². The smallest absolute Gasteiger partial charge is 0.138 e. The third-order valence-corrected chi connectivity index (χ3v) is 6.90. The van der Waals surface area contributed by atoms with Gasteiger partial charge in [-0.25, -0.2) is 4.98 Å². The standard InChI is InChI=1S/C32H36N4O/c1-4-37-23-7-8-24-9-11-27(12-10-24)32-33-30(25-13-17-28(18-14-25)35(2)3)31(34-32)26-15-19-29(20-16-26)36-21-5-6-22-36/h7-20H,4-6,21-23H2,1-3H3,(H,33,34). The van der Waals surface area contributed by atoms with Crippen molar-refractivity contribution in [3.63, 3.8) is 0 Å². The molecule has 0 unspecified atom stereocenters. The third kappa shape index (κ3) is 5.78. The van der Waals surface area contributed by atoms with Gasteiger partial charge >= 0.3 is 0 Å². The highest BCUT2D eigenvalue weighted by Gasteiger charge is 2.17. The van der Waals surface area contributed by atoms with E-state index in [1.165, 1.54) is 24.2 Å². The molecule has 0 bridgehead atoms. The van der Waals surface area contributed by atoms with E-state index in [4.69, 9.17) is 9.72 Å². The molecular weight excluding hydrogens is 456 g/mol. The van der Waals surface area contributed by atoms with Gasteiger partial charge in [0.25, 0.3) is 0 Å². The molecule has 37 heavy (non-hydrogen) atoms. The van der Waals surface area contributed by atoms with Gasteiger partial charge in [0.1, 0.15) is 5.82 Å². The van der Waals surface area contributed by atoms with Gasteiger partial charge in [0.15, 0.2) is 0 Å². The van der Waals surface area contributed by atoms with Gasteiger partial charge in [-0.05, 0) is 49.6 Å². The quantitative estimate of drug-likeness (QED) is 0.253. The highest BCUT2D eigenvalue weighted by atomic mass is 16.5. The van der Waals surface area contributed by atoms with E-state index >= 15 is 0 Å². The highest BCUT2D eigenvalue weighted by Crippen LogP contribution is 2.35. The van der Waals surface area contributed by atoms with Gasteiger partial charge in [-0.15, -0.1) is 0 Å². The molecule has 190 valence electrons. The number of nitrogens with one attached hydrogen (secondary N) is 1. The van der Waals surface area contributed by atoms with E-state index in [9.17, 15) is 0 Å². The number of aromatic amines is 1. The molecule has 1 aliphatic rings. The van der Waals surface area contributed by atoms with Crippen LogP contribution in [0.2, 0.25) is 0 Å². The summed E-state index contributed by atoms with van der Waals surface area (Å²) >= 11 is 0. The van der Waals surface area contributed by atoms with Gasteiger partial charge < -0.3 is 19.5 Å². The number of hydrogen-bond acceptors (Lipinski definition) is 4. The lowest BCUT2D eigenvalue weighted by molar-refractivity contribution is 0.178. The molecule has 4 aromatic rings. The summed E-state index contributed by atoms with van der Waals surface area (Å²) in [5.41, 5.74) is 8.93. The van der Waals surface area contributed by atoms with Crippen molar-refractivity contribution in [1.82, 2.24) is 9.97 Å². The average molecular weight is 493 g/mol. The van der Waals surface area contributed by atoms with Crippen molar-refractivity contribution in [3.8, 4) is 33.9 Å². The topological polar surface area (TPSA) is 44.4 Å². The van der Waals surface area contributed by atoms with E-state index in [1.807, 2.05) is 13.0 Å². The molecule has 1 fully saturated rings. The van der Waals surface area contributed by atoms with E-state index in [1.54, 1.807) is 0 Å². The van der Waals surface area contributed by atoms with E-state index in [-0.39, 0.29) is 0 Å². The minimum atomic E-state index is 0.631. The number of ether oxygens (including phenoxy) is 1. The SMILES string of the molecule is CCOCC=Cc1ccc(-c2nc(-c3ccc(N(C)C)cc3)c(-c3ccc(N4CCCC4)cc3)[nH]2)cc1. The fraction of sp³-hybridized carbons (Fsp3) is 0.281. The van der Waals surface area contributed by atoms with Crippen LogP contribution < -0.4 is 9.80 Å². The molecule has 0 amide bonds. The van der Waals surface area contributed by atoms with Crippen molar-refractivity contribution >= 4 is 17.5 Å². The van der Waals surface area contributed by atoms with E-state index in [0.29, 0.717) is 6.61 Å². The van der Waals surface area contributed by atoms with Crippen LogP contribution in [-0.2, 0) is 4.74 Å². The summed E-state index contributed by atoms with van der Waals surface area (Å²) in [6.07, 6.45) is 6.69. The van der Waals surface area contributed by atoms with E-state index in [0.717, 1.165) is 59.2 Å². The fourth-order valence-corrected chi connectivity index (χ4v) is 4.78. The lowest BCUT2D eigenvalue weighted by Gasteiger charge is -2.17. The van der Waals surface area contributed by atoms with Crippen molar-refractivity contribution in [3.05, 3.63) is 84.4 Å². The summed E-state index contributed by atoms with van der Waals surface area (Å²) < 4.78 is 5.40. The van der Waals surface area contributed by atoms with Gasteiger partial charge in [0.05, 0.1) is 18.0 Å². The molecule has 1 aliphatic heterocycles. The second kappa shape index (κ2) is 11.5. The molecule has 2 heterocycles. The zero-order valence-electron chi connectivity index (χ0n) is 22.1. The zero-order chi connectivity index (χ0) is 25.6. The van der Waals surface area contributed by atoms with Gasteiger partial charge in [0, 0.05) is 61.9 Å². The predicted molar refractivity (Wildman–Crippen MR) is 156 cm³/mol. The fourth-order valence-electron chi connectivity index (χ4n) is 4.78. The van der Waals surface area contributed by atoms with Crippen LogP contribution in [0, 0.1) is 0 Å². The maximum absolute atomic E-state index is 5.40. The van der Waals surface area contributed by atoms with Crippen LogP contribution in [0.4, 0.5) is 11.4 Å². The summed E-state index contributed by atoms with van der Waals surface area (Å²) in [7, 11) is 4.12. The lowest BCUT2D eigenvalue weighted by atomic mass is 10.0. The Labute approximate surface area is 220 Å². The summed E-state index contributed by atoms with van der Waals surface area (Å²) in [4.78, 5) is 13.3. The summed E-state index contributed by atoms with van der Waals surface area (Å²) in [5.74, 6) is 0.871. The second-order valence-electron chi connectivity index (χ2n) is 9.68. The third-order valence-electron chi connectivity index (χ3n) is 6.90. The molecule has 5 nitrogen and oxygen atoms in total. The minimum absolute atomic E-state index is 0.631. The van der Waals surface area contributed by atoms with Crippen molar-refractivity contribution < 1.29 is 4.74 Å². The van der Waals surface area contributed by atoms with Crippen LogP contribution in [0.25, 0.3) is 40.0 Å². The molecule has 1 aromatic heterocycles. The average Bonchev–Trinajstić information content (AvgIpc) is 3.63. The Morgan fingerprint density at radius 1 is 0.865 bits per heavy atom. The lowest BCUT2D eigenvalue weighted by Crippen LogP contribution is -2.17. The number of nitrogens with zero attached hydrogens (tertiary/aromatic N) is 3. The number of aromatic nitrogens is 2. The number of benzene rings is 3. The molecule has 5 heteroatoms. The van der Waals surface area contributed by atoms with E-state index in [2.05, 4.69) is 108 Å². The van der Waals surface area contributed by atoms with Crippen LogP contribution >= 0.6 is 0 Å². The molecule has 0 radical (unpaired) electrons. The first-order chi connectivity index (χ1) is 18.1. The van der Waals surface area contributed by atoms with Gasteiger partial charge in [0.2, 0.25) is 0 Å². The predicted octanol–water partition coefficient (Wildman–Crippen LogP) is 7.13. The van der Waals surface area contributed by atoms with Crippen LogP contribution in [0.3, 0.4) is 0 Å². The monoisotopic (exact) mass is 492 g/mol. The number of anilines is 2. The number of imidazole rings is 1. The van der Waals surface area contributed by atoms with Gasteiger partial charge in [-0.1, -0.05) is 60.7 Å². The van der Waals surface area contributed by atoms with Crippen LogP contribution in [0.15, 0.2) is 78.9 Å². The number of hydrogen-bond donors (Lipinski definition) is 1. The summed E-state index contributed by atoms with van der Waals surface area (Å²) in [6, 6.07) is 26.0. The Bertz CT molecular complexity index is 1310. The molecule has 0 saturated carbocycles. The van der Waals surface area contributed by atoms with Crippen molar-refractivity contribution in [2.24, 2.45) is 0 Å². The summed E-state index contributed by atoms with van der Waals surface area (Å²) in [5, 5.41) is 0. The number of H-pyrrole nitrogens is 1. The largest absolute Gasteiger partial charge is 0.378 e. The molecule has 1 saturated heterocycles. The Kier molecular flexibility index (Phi) is 7.71. The maximum atomic E-state index is 5.40. The first-order valence-electron chi connectivity index (χ1n) is 13.2. The number of rotatable bonds is 9. The zero-order valence-corrected chi connectivity index (χ0v) is 22.1. The van der Waals surface area contributed by atoms with Crippen molar-refractivity contribution in [2.75, 3.05) is 50.2 Å². The van der Waals surface area contributed by atoms with Crippen molar-refractivity contribution in [1.29, 1.82) is 0 Å². The molecule has 0 spiro atoms. The summed E-state index contributed by atoms with van der Waals surface area (Å²) in [6.45, 7) is 5.66.